The second kappa shape index (κ2) is 16.2. The van der Waals surface area contributed by atoms with Crippen molar-refractivity contribution < 1.29 is 14.7 Å². The Hall–Kier alpha value is -2.48. The van der Waals surface area contributed by atoms with Gasteiger partial charge in [-0.2, -0.15) is 0 Å². The molecule has 0 aliphatic rings. The fourth-order valence-electron chi connectivity index (χ4n) is 2.79. The quantitative estimate of drug-likeness (QED) is 0.226. The van der Waals surface area contributed by atoms with E-state index in [9.17, 15) is 9.59 Å². The standard InChI is InChI=1S/C17H20ClNS.C7H7NO3S.C2H6/c1-4-14-9-11-15(12-10-14)20-19(5-2)17-8-6-7-16(18)13(17)3;9-4-8-2-6-1-5(3-12-6)7(10)11;1-2/h6-12H,4-5H2,1-3H3;1,3-4H,2H2,(H,8,9)(H,10,11);1-2H3. The molecule has 184 valence electrons. The normalized spacial score (nSPS) is 9.71. The summed E-state index contributed by atoms with van der Waals surface area (Å²) < 4.78 is 2.28. The van der Waals surface area contributed by atoms with Crippen LogP contribution in [0.15, 0.2) is 58.8 Å². The molecule has 5 nitrogen and oxygen atoms in total. The third-order valence-electron chi connectivity index (χ3n) is 4.60. The predicted molar refractivity (Wildman–Crippen MR) is 146 cm³/mol. The van der Waals surface area contributed by atoms with Crippen LogP contribution in [0.3, 0.4) is 0 Å². The smallest absolute Gasteiger partial charge is 0.336 e. The topological polar surface area (TPSA) is 69.6 Å². The molecule has 2 N–H and O–H groups in total. The first-order valence-corrected chi connectivity index (χ1v) is 13.2. The summed E-state index contributed by atoms with van der Waals surface area (Å²) in [5, 5.41) is 13.4. The highest BCUT2D eigenvalue weighted by atomic mass is 35.5. The van der Waals surface area contributed by atoms with E-state index in [2.05, 4.69) is 60.7 Å². The van der Waals surface area contributed by atoms with Gasteiger partial charge in [-0.25, -0.2) is 4.79 Å². The second-order valence-electron chi connectivity index (χ2n) is 6.77. The fraction of sp³-hybridized carbons (Fsp3) is 0.308. The Morgan fingerprint density at radius 3 is 2.38 bits per heavy atom. The van der Waals surface area contributed by atoms with E-state index in [-0.39, 0.29) is 5.56 Å². The predicted octanol–water partition coefficient (Wildman–Crippen LogP) is 7.46. The number of carbonyl (C=O) groups is 2. The number of anilines is 1. The van der Waals surface area contributed by atoms with Gasteiger partial charge >= 0.3 is 5.97 Å². The number of carboxylic acid groups (broad SMARTS) is 1. The lowest BCUT2D eigenvalue weighted by Crippen LogP contribution is -2.14. The first-order chi connectivity index (χ1) is 16.4. The van der Waals surface area contributed by atoms with Gasteiger partial charge in [-0.05, 0) is 73.7 Å². The molecule has 2 aromatic carbocycles. The molecule has 0 saturated heterocycles. The van der Waals surface area contributed by atoms with Gasteiger partial charge in [0, 0.05) is 26.7 Å². The lowest BCUT2D eigenvalue weighted by atomic mass is 10.2. The Morgan fingerprint density at radius 2 is 1.85 bits per heavy atom. The van der Waals surface area contributed by atoms with Gasteiger partial charge in [0.15, 0.2) is 0 Å². The van der Waals surface area contributed by atoms with Gasteiger partial charge in [0.1, 0.15) is 0 Å². The molecule has 1 amide bonds. The summed E-state index contributed by atoms with van der Waals surface area (Å²) in [7, 11) is 0. The molecule has 34 heavy (non-hydrogen) atoms. The van der Waals surface area contributed by atoms with Crippen LogP contribution in [0.2, 0.25) is 5.02 Å². The van der Waals surface area contributed by atoms with Crippen molar-refractivity contribution in [3.05, 3.63) is 80.5 Å². The summed E-state index contributed by atoms with van der Waals surface area (Å²) in [6.07, 6.45) is 1.66. The van der Waals surface area contributed by atoms with Gasteiger partial charge in [0.05, 0.1) is 17.8 Å². The Balaban J connectivity index is 0.000000353. The summed E-state index contributed by atoms with van der Waals surface area (Å²) in [6, 6.07) is 16.4. The molecule has 1 heterocycles. The van der Waals surface area contributed by atoms with Crippen LogP contribution in [0, 0.1) is 6.92 Å². The average molecular weight is 521 g/mol. The van der Waals surface area contributed by atoms with Crippen molar-refractivity contribution in [1.82, 2.24) is 5.32 Å². The van der Waals surface area contributed by atoms with Gasteiger partial charge in [0.2, 0.25) is 6.41 Å². The second-order valence-corrected chi connectivity index (χ2v) is 9.27. The molecule has 0 saturated carbocycles. The lowest BCUT2D eigenvalue weighted by molar-refractivity contribution is -0.109. The molecule has 0 bridgehead atoms. The SMILES string of the molecule is CC.CCc1ccc(SN(CC)c2cccc(Cl)c2C)cc1.O=CNCc1cc(C(=O)O)cs1. The van der Waals surface area contributed by atoms with Crippen LogP contribution < -0.4 is 9.62 Å². The van der Waals surface area contributed by atoms with Crippen LogP contribution in [0.4, 0.5) is 5.69 Å². The van der Waals surface area contributed by atoms with E-state index in [0.717, 1.165) is 28.4 Å². The highest BCUT2D eigenvalue weighted by Gasteiger charge is 2.11. The Morgan fingerprint density at radius 1 is 1.18 bits per heavy atom. The van der Waals surface area contributed by atoms with Crippen LogP contribution in [-0.2, 0) is 17.8 Å². The van der Waals surface area contributed by atoms with Crippen molar-refractivity contribution >= 4 is 53.0 Å². The van der Waals surface area contributed by atoms with Crippen molar-refractivity contribution in [2.75, 3.05) is 10.8 Å². The van der Waals surface area contributed by atoms with E-state index in [1.54, 1.807) is 23.4 Å². The number of amides is 1. The molecule has 0 fully saturated rings. The molecule has 0 atom stereocenters. The number of carbonyl (C=O) groups excluding carboxylic acids is 1. The number of hydrogen-bond acceptors (Lipinski definition) is 5. The van der Waals surface area contributed by atoms with Crippen LogP contribution in [0.5, 0.6) is 0 Å². The largest absolute Gasteiger partial charge is 0.478 e. The van der Waals surface area contributed by atoms with Crippen LogP contribution in [-0.4, -0.2) is 24.0 Å². The van der Waals surface area contributed by atoms with Gasteiger partial charge in [-0.3, -0.25) is 4.79 Å². The summed E-state index contributed by atoms with van der Waals surface area (Å²) in [4.78, 5) is 22.4. The number of nitrogens with zero attached hydrogens (tertiary/aromatic N) is 1. The van der Waals surface area contributed by atoms with Crippen LogP contribution >= 0.6 is 34.9 Å². The third-order valence-corrected chi connectivity index (χ3v) is 7.11. The monoisotopic (exact) mass is 520 g/mol. The molecule has 0 spiro atoms. The van der Waals surface area contributed by atoms with E-state index in [4.69, 9.17) is 16.7 Å². The maximum Gasteiger partial charge on any atom is 0.336 e. The average Bonchev–Trinajstić information content (AvgIpc) is 3.35. The van der Waals surface area contributed by atoms with E-state index < -0.39 is 5.97 Å². The van der Waals surface area contributed by atoms with Crippen molar-refractivity contribution in [2.24, 2.45) is 0 Å². The summed E-state index contributed by atoms with van der Waals surface area (Å²) in [5.74, 6) is -0.941. The number of benzene rings is 2. The van der Waals surface area contributed by atoms with E-state index >= 15 is 0 Å². The van der Waals surface area contributed by atoms with Crippen molar-refractivity contribution in [2.45, 2.75) is 52.5 Å². The van der Waals surface area contributed by atoms with E-state index in [0.29, 0.717) is 13.0 Å². The zero-order chi connectivity index (χ0) is 25.5. The first-order valence-electron chi connectivity index (χ1n) is 11.2. The maximum absolute atomic E-state index is 10.4. The van der Waals surface area contributed by atoms with Gasteiger partial charge in [0.25, 0.3) is 0 Å². The number of thiophene rings is 1. The Kier molecular flexibility index (Phi) is 14.1. The molecule has 8 heteroatoms. The van der Waals surface area contributed by atoms with Gasteiger partial charge < -0.3 is 14.7 Å². The molecule has 0 radical (unpaired) electrons. The summed E-state index contributed by atoms with van der Waals surface area (Å²) in [6.45, 7) is 11.7. The fourth-order valence-corrected chi connectivity index (χ4v) is 4.71. The molecular formula is C26H33ClN2O3S2. The molecule has 3 aromatic rings. The zero-order valence-corrected chi connectivity index (χ0v) is 22.7. The number of carboxylic acids is 1. The summed E-state index contributed by atoms with van der Waals surface area (Å²) in [5.41, 5.74) is 3.96. The van der Waals surface area contributed by atoms with Gasteiger partial charge in [-0.1, -0.05) is 50.6 Å². The zero-order valence-electron chi connectivity index (χ0n) is 20.3. The number of aryl methyl sites for hydroxylation is 1. The minimum absolute atomic E-state index is 0.266. The number of aromatic carboxylic acids is 1. The molecule has 3 rings (SSSR count). The highest BCUT2D eigenvalue weighted by molar-refractivity contribution is 8.00. The van der Waals surface area contributed by atoms with Crippen molar-refractivity contribution in [1.29, 1.82) is 0 Å². The highest BCUT2D eigenvalue weighted by Crippen LogP contribution is 2.33. The molecule has 0 aliphatic heterocycles. The first kappa shape index (κ1) is 29.6. The Labute approximate surface area is 216 Å². The molecule has 0 aliphatic carbocycles. The number of nitrogens with one attached hydrogen (secondary N) is 1. The lowest BCUT2D eigenvalue weighted by Gasteiger charge is -2.24. The minimum Gasteiger partial charge on any atom is -0.478 e. The third kappa shape index (κ3) is 9.41. The number of rotatable bonds is 9. The Bertz CT molecular complexity index is 1020. The van der Waals surface area contributed by atoms with E-state index in [1.807, 2.05) is 26.0 Å². The van der Waals surface area contributed by atoms with Crippen molar-refractivity contribution in [3.8, 4) is 0 Å². The molecular weight excluding hydrogens is 488 g/mol. The van der Waals surface area contributed by atoms with Crippen LogP contribution in [0.25, 0.3) is 0 Å². The molecule has 0 unspecified atom stereocenters. The number of hydrogen-bond donors (Lipinski definition) is 2. The number of halogens is 1. The minimum atomic E-state index is -0.941. The van der Waals surface area contributed by atoms with E-state index in [1.165, 1.54) is 27.5 Å². The van der Waals surface area contributed by atoms with Crippen molar-refractivity contribution in [3.63, 3.8) is 0 Å². The van der Waals surface area contributed by atoms with Gasteiger partial charge in [-0.15, -0.1) is 11.3 Å². The van der Waals surface area contributed by atoms with Crippen LogP contribution in [0.1, 0.15) is 54.1 Å². The maximum atomic E-state index is 10.4. The molecule has 1 aromatic heterocycles. The summed E-state index contributed by atoms with van der Waals surface area (Å²) >= 11 is 9.30.